The van der Waals surface area contributed by atoms with Gasteiger partial charge in [-0.25, -0.2) is 0 Å². The van der Waals surface area contributed by atoms with Crippen molar-refractivity contribution in [1.82, 2.24) is 5.32 Å². The molecule has 1 unspecified atom stereocenters. The van der Waals surface area contributed by atoms with Crippen LogP contribution in [0.1, 0.15) is 52.9 Å². The van der Waals surface area contributed by atoms with Crippen LogP contribution in [0, 0.1) is 13.8 Å². The van der Waals surface area contributed by atoms with Gasteiger partial charge in [0.1, 0.15) is 18.1 Å². The monoisotopic (exact) mass is 406 g/mol. The van der Waals surface area contributed by atoms with E-state index in [1.165, 1.54) is 12.5 Å². The molecule has 2 aromatic carbocycles. The minimum absolute atomic E-state index is 0.144. The maximum Gasteiger partial charge on any atom is 0.287 e. The molecule has 2 N–H and O–H groups in total. The van der Waals surface area contributed by atoms with Gasteiger partial charge in [0.2, 0.25) is 5.91 Å². The second kappa shape index (κ2) is 9.31. The lowest BCUT2D eigenvalue weighted by Gasteiger charge is -2.14. The van der Waals surface area contributed by atoms with E-state index in [2.05, 4.69) is 16.7 Å². The fourth-order valence-electron chi connectivity index (χ4n) is 3.13. The summed E-state index contributed by atoms with van der Waals surface area (Å²) in [5.74, 6) is 1.12. The van der Waals surface area contributed by atoms with Gasteiger partial charge in [0, 0.05) is 12.6 Å². The largest absolute Gasteiger partial charge is 0.485 e. The van der Waals surface area contributed by atoms with Crippen molar-refractivity contribution in [2.75, 3.05) is 5.32 Å². The molecule has 6 heteroatoms. The van der Waals surface area contributed by atoms with Crippen LogP contribution in [-0.4, -0.2) is 11.8 Å². The van der Waals surface area contributed by atoms with Gasteiger partial charge in [-0.05, 0) is 62.2 Å². The van der Waals surface area contributed by atoms with Gasteiger partial charge in [0.25, 0.3) is 5.91 Å². The highest BCUT2D eigenvalue weighted by molar-refractivity contribution is 5.92. The molecular formula is C24H26N2O4. The van der Waals surface area contributed by atoms with E-state index in [0.717, 1.165) is 16.9 Å². The van der Waals surface area contributed by atoms with Crippen LogP contribution < -0.4 is 15.4 Å². The lowest BCUT2D eigenvalue weighted by molar-refractivity contribution is -0.114. The highest BCUT2D eigenvalue weighted by Gasteiger charge is 2.16. The number of anilines is 1. The molecule has 3 aromatic rings. The molecule has 0 saturated heterocycles. The predicted molar refractivity (Wildman–Crippen MR) is 116 cm³/mol. The minimum Gasteiger partial charge on any atom is -0.485 e. The molecule has 0 radical (unpaired) electrons. The van der Waals surface area contributed by atoms with Crippen molar-refractivity contribution in [2.45, 2.75) is 40.3 Å². The molecule has 2 amide bonds. The number of carbonyl (C=O) groups is 2. The molecule has 0 fully saturated rings. The van der Waals surface area contributed by atoms with Crippen LogP contribution in [0.4, 0.5) is 5.69 Å². The summed E-state index contributed by atoms with van der Waals surface area (Å²) in [7, 11) is 0. The Balaban J connectivity index is 1.60. The first-order valence-electron chi connectivity index (χ1n) is 9.79. The second-order valence-corrected chi connectivity index (χ2v) is 7.33. The first-order chi connectivity index (χ1) is 14.3. The number of ether oxygens (including phenoxy) is 1. The van der Waals surface area contributed by atoms with Gasteiger partial charge in [0.15, 0.2) is 5.76 Å². The fourth-order valence-corrected chi connectivity index (χ4v) is 3.13. The van der Waals surface area contributed by atoms with Crippen molar-refractivity contribution < 1.29 is 18.7 Å². The van der Waals surface area contributed by atoms with Crippen molar-refractivity contribution in [3.63, 3.8) is 0 Å². The number of benzene rings is 2. The van der Waals surface area contributed by atoms with Crippen LogP contribution >= 0.6 is 0 Å². The number of hydrogen-bond acceptors (Lipinski definition) is 4. The summed E-state index contributed by atoms with van der Waals surface area (Å²) >= 11 is 0. The fraction of sp³-hybridized carbons (Fsp3) is 0.250. The second-order valence-electron chi connectivity index (χ2n) is 7.33. The van der Waals surface area contributed by atoms with Crippen LogP contribution in [-0.2, 0) is 11.4 Å². The van der Waals surface area contributed by atoms with E-state index >= 15 is 0 Å². The van der Waals surface area contributed by atoms with Crippen molar-refractivity contribution in [2.24, 2.45) is 0 Å². The standard InChI is InChI=1S/C24H26N2O4/c1-15-8-10-22(16(2)12-15)29-14-21-9-11-23(30-21)24(28)25-17(3)19-6-5-7-20(13-19)26-18(4)27/h5-13,17H,14H2,1-4H3,(H,25,28)(H,26,27). The Bertz CT molecular complexity index is 1050. The van der Waals surface area contributed by atoms with E-state index in [1.807, 2.05) is 51.1 Å². The van der Waals surface area contributed by atoms with E-state index in [-0.39, 0.29) is 30.2 Å². The summed E-state index contributed by atoms with van der Waals surface area (Å²) in [5, 5.41) is 5.65. The van der Waals surface area contributed by atoms with Gasteiger partial charge < -0.3 is 19.8 Å². The molecule has 1 aromatic heterocycles. The van der Waals surface area contributed by atoms with Crippen LogP contribution in [0.3, 0.4) is 0 Å². The van der Waals surface area contributed by atoms with Gasteiger partial charge in [0.05, 0.1) is 6.04 Å². The Morgan fingerprint density at radius 3 is 2.60 bits per heavy atom. The summed E-state index contributed by atoms with van der Waals surface area (Å²) < 4.78 is 11.5. The lowest BCUT2D eigenvalue weighted by Crippen LogP contribution is -2.26. The van der Waals surface area contributed by atoms with Gasteiger partial charge >= 0.3 is 0 Å². The summed E-state index contributed by atoms with van der Waals surface area (Å²) in [6, 6.07) is 16.4. The molecule has 0 aliphatic heterocycles. The molecular weight excluding hydrogens is 380 g/mol. The summed E-state index contributed by atoms with van der Waals surface area (Å²) in [6.45, 7) is 7.59. The van der Waals surface area contributed by atoms with Crippen molar-refractivity contribution in [3.8, 4) is 5.75 Å². The quantitative estimate of drug-likeness (QED) is 0.583. The number of hydrogen-bond donors (Lipinski definition) is 2. The van der Waals surface area contributed by atoms with E-state index < -0.39 is 0 Å². The highest BCUT2D eigenvalue weighted by Crippen LogP contribution is 2.21. The molecule has 0 aliphatic carbocycles. The van der Waals surface area contributed by atoms with Crippen LogP contribution in [0.5, 0.6) is 5.75 Å². The zero-order chi connectivity index (χ0) is 21.7. The molecule has 0 saturated carbocycles. The van der Waals surface area contributed by atoms with E-state index in [4.69, 9.17) is 9.15 Å². The molecule has 6 nitrogen and oxygen atoms in total. The predicted octanol–water partition coefficient (Wildman–Crippen LogP) is 4.92. The Hall–Kier alpha value is -3.54. The van der Waals surface area contributed by atoms with E-state index in [0.29, 0.717) is 11.4 Å². The summed E-state index contributed by atoms with van der Waals surface area (Å²) in [6.07, 6.45) is 0. The molecule has 3 rings (SSSR count). The number of rotatable bonds is 7. The summed E-state index contributed by atoms with van der Waals surface area (Å²) in [5.41, 5.74) is 3.79. The number of carbonyl (C=O) groups excluding carboxylic acids is 2. The van der Waals surface area contributed by atoms with E-state index in [9.17, 15) is 9.59 Å². The normalized spacial score (nSPS) is 11.6. The van der Waals surface area contributed by atoms with Crippen LogP contribution in [0.2, 0.25) is 0 Å². The van der Waals surface area contributed by atoms with Crippen molar-refractivity contribution in [1.29, 1.82) is 0 Å². The van der Waals surface area contributed by atoms with Gasteiger partial charge in [-0.2, -0.15) is 0 Å². The average Bonchev–Trinajstić information content (AvgIpc) is 3.16. The molecule has 0 bridgehead atoms. The Labute approximate surface area is 176 Å². The molecule has 156 valence electrons. The number of furan rings is 1. The molecule has 1 heterocycles. The average molecular weight is 406 g/mol. The smallest absolute Gasteiger partial charge is 0.287 e. The number of nitrogens with one attached hydrogen (secondary N) is 2. The van der Waals surface area contributed by atoms with Crippen LogP contribution in [0.15, 0.2) is 59.0 Å². The zero-order valence-electron chi connectivity index (χ0n) is 17.6. The first kappa shape index (κ1) is 21.2. The minimum atomic E-state index is -0.315. The van der Waals surface area contributed by atoms with E-state index in [1.54, 1.807) is 18.2 Å². The maximum absolute atomic E-state index is 12.6. The van der Waals surface area contributed by atoms with Crippen LogP contribution in [0.25, 0.3) is 0 Å². The zero-order valence-corrected chi connectivity index (χ0v) is 17.6. The number of amides is 2. The Morgan fingerprint density at radius 1 is 1.07 bits per heavy atom. The molecule has 0 spiro atoms. The molecule has 30 heavy (non-hydrogen) atoms. The third kappa shape index (κ3) is 5.50. The molecule has 0 aliphatic rings. The SMILES string of the molecule is CC(=O)Nc1cccc(C(C)NC(=O)c2ccc(COc3ccc(C)cc3C)o2)c1. The lowest BCUT2D eigenvalue weighted by atomic mass is 10.1. The highest BCUT2D eigenvalue weighted by atomic mass is 16.5. The summed E-state index contributed by atoms with van der Waals surface area (Å²) in [4.78, 5) is 23.8. The van der Waals surface area contributed by atoms with Crippen molar-refractivity contribution >= 4 is 17.5 Å². The molecule has 1 atom stereocenters. The maximum atomic E-state index is 12.6. The van der Waals surface area contributed by atoms with Gasteiger partial charge in [-0.3, -0.25) is 9.59 Å². The van der Waals surface area contributed by atoms with Gasteiger partial charge in [-0.1, -0.05) is 29.8 Å². The topological polar surface area (TPSA) is 80.6 Å². The Morgan fingerprint density at radius 2 is 1.87 bits per heavy atom. The van der Waals surface area contributed by atoms with Crippen molar-refractivity contribution in [3.05, 3.63) is 82.8 Å². The number of aryl methyl sites for hydroxylation is 2. The first-order valence-corrected chi connectivity index (χ1v) is 9.79. The third-order valence-electron chi connectivity index (χ3n) is 4.64. The third-order valence-corrected chi connectivity index (χ3v) is 4.64. The van der Waals surface area contributed by atoms with Gasteiger partial charge in [-0.15, -0.1) is 0 Å². The Kier molecular flexibility index (Phi) is 6.57.